The summed E-state index contributed by atoms with van der Waals surface area (Å²) in [7, 11) is 1.49. The fraction of sp³-hybridized carbons (Fsp3) is 0.467. The van der Waals surface area contributed by atoms with Crippen molar-refractivity contribution in [2.45, 2.75) is 12.4 Å². The van der Waals surface area contributed by atoms with Gasteiger partial charge in [-0.2, -0.15) is 0 Å². The summed E-state index contributed by atoms with van der Waals surface area (Å²) < 4.78 is 46.5. The second kappa shape index (κ2) is 9.98. The molecule has 1 fully saturated rings. The van der Waals surface area contributed by atoms with E-state index in [0.717, 1.165) is 26.2 Å². The largest absolute Gasteiger partial charge is 0.573 e. The molecule has 1 aromatic carbocycles. The predicted molar refractivity (Wildman–Crippen MR) is 91.6 cm³/mol. The van der Waals surface area contributed by atoms with E-state index in [0.29, 0.717) is 11.3 Å². The van der Waals surface area contributed by atoms with Gasteiger partial charge in [-0.1, -0.05) is 6.08 Å². The molecule has 0 aromatic heterocycles. The van der Waals surface area contributed by atoms with Crippen LogP contribution < -0.4 is 14.8 Å². The van der Waals surface area contributed by atoms with Crippen molar-refractivity contribution in [2.75, 3.05) is 33.3 Å². The van der Waals surface area contributed by atoms with Gasteiger partial charge in [-0.15, -0.1) is 44.6 Å². The average Bonchev–Trinajstić information content (AvgIpc) is 2.48. The Kier molecular flexibility index (Phi) is 9.50. The smallest absolute Gasteiger partial charge is 0.496 e. The number of piperazine rings is 1. The van der Waals surface area contributed by atoms with Gasteiger partial charge in [0, 0.05) is 31.7 Å². The molecule has 24 heavy (non-hydrogen) atoms. The maximum absolute atomic E-state index is 12.4. The normalized spacial score (nSPS) is 16.3. The molecule has 1 heterocycles. The highest BCUT2D eigenvalue weighted by molar-refractivity contribution is 5.85. The second-order valence-corrected chi connectivity index (χ2v) is 4.92. The highest BCUT2D eigenvalue weighted by atomic mass is 35.5. The summed E-state index contributed by atoms with van der Waals surface area (Å²) in [5.41, 5.74) is 0.612. The molecule has 1 aliphatic heterocycles. The van der Waals surface area contributed by atoms with Gasteiger partial charge in [0.25, 0.3) is 0 Å². The molecule has 0 spiro atoms. The fourth-order valence-corrected chi connectivity index (χ4v) is 2.57. The maximum Gasteiger partial charge on any atom is 0.573 e. The van der Waals surface area contributed by atoms with Crippen LogP contribution in [0.5, 0.6) is 11.5 Å². The summed E-state index contributed by atoms with van der Waals surface area (Å²) in [6.45, 7) is 7.03. The molecule has 0 radical (unpaired) electrons. The van der Waals surface area contributed by atoms with Crippen LogP contribution in [0.3, 0.4) is 0 Å². The van der Waals surface area contributed by atoms with E-state index >= 15 is 0 Å². The van der Waals surface area contributed by atoms with Gasteiger partial charge in [0.1, 0.15) is 11.5 Å². The molecule has 0 unspecified atom stereocenters. The Balaban J connectivity index is 0.00000264. The van der Waals surface area contributed by atoms with Gasteiger partial charge in [0.05, 0.1) is 13.2 Å². The number of methoxy groups -OCH3 is 1. The van der Waals surface area contributed by atoms with E-state index in [4.69, 9.17) is 4.74 Å². The Morgan fingerprint density at radius 1 is 1.25 bits per heavy atom. The molecule has 0 amide bonds. The molecule has 0 aliphatic carbocycles. The second-order valence-electron chi connectivity index (χ2n) is 4.92. The SMILES string of the molecule is C=C[C@H](c1cc(OC(F)(F)F)ccc1OC)N1CCNCC1.Cl.Cl. The summed E-state index contributed by atoms with van der Waals surface area (Å²) in [6, 6.07) is 3.86. The Bertz CT molecular complexity index is 524. The molecule has 1 aromatic rings. The van der Waals surface area contributed by atoms with Crippen molar-refractivity contribution < 1.29 is 22.6 Å². The van der Waals surface area contributed by atoms with E-state index in [2.05, 4.69) is 21.5 Å². The molecule has 1 atom stereocenters. The monoisotopic (exact) mass is 388 g/mol. The lowest BCUT2D eigenvalue weighted by atomic mass is 10.0. The van der Waals surface area contributed by atoms with Gasteiger partial charge in [-0.05, 0) is 18.2 Å². The maximum atomic E-state index is 12.4. The van der Waals surface area contributed by atoms with Crippen LogP contribution in [-0.4, -0.2) is 44.6 Å². The standard InChI is InChI=1S/C15H19F3N2O2.2ClH/c1-3-13(20-8-6-19-7-9-20)12-10-11(22-15(16,17)18)4-5-14(12)21-2;;/h3-5,10,13,19H,1,6-9H2,2H3;2*1H/t13-;;/m1../s1. The van der Waals surface area contributed by atoms with Gasteiger partial charge in [-0.3, -0.25) is 4.90 Å². The highest BCUT2D eigenvalue weighted by Gasteiger charge is 2.32. The first-order valence-electron chi connectivity index (χ1n) is 6.95. The zero-order valence-electron chi connectivity index (χ0n) is 13.1. The van der Waals surface area contributed by atoms with Crippen molar-refractivity contribution in [3.63, 3.8) is 0 Å². The van der Waals surface area contributed by atoms with E-state index < -0.39 is 6.36 Å². The third-order valence-corrected chi connectivity index (χ3v) is 3.52. The number of ether oxygens (including phenoxy) is 2. The van der Waals surface area contributed by atoms with Crippen LogP contribution in [-0.2, 0) is 0 Å². The molecule has 1 aliphatic rings. The summed E-state index contributed by atoms with van der Waals surface area (Å²) in [5.74, 6) is 0.253. The zero-order valence-corrected chi connectivity index (χ0v) is 14.8. The molecule has 1 N–H and O–H groups in total. The third kappa shape index (κ3) is 6.05. The minimum atomic E-state index is -4.72. The Morgan fingerprint density at radius 2 is 1.88 bits per heavy atom. The number of hydrogen-bond acceptors (Lipinski definition) is 4. The summed E-state index contributed by atoms with van der Waals surface area (Å²) in [5, 5.41) is 3.24. The molecule has 1 saturated heterocycles. The minimum absolute atomic E-state index is 0. The van der Waals surface area contributed by atoms with Gasteiger partial charge >= 0.3 is 6.36 Å². The van der Waals surface area contributed by atoms with Crippen LogP contribution in [0.25, 0.3) is 0 Å². The van der Waals surface area contributed by atoms with Crippen molar-refractivity contribution in [1.29, 1.82) is 0 Å². The predicted octanol–water partition coefficient (Wildman–Crippen LogP) is 3.57. The van der Waals surface area contributed by atoms with Crippen LogP contribution >= 0.6 is 24.8 Å². The fourth-order valence-electron chi connectivity index (χ4n) is 2.57. The van der Waals surface area contributed by atoms with E-state index in [1.54, 1.807) is 6.08 Å². The first-order chi connectivity index (χ1) is 10.4. The Morgan fingerprint density at radius 3 is 2.38 bits per heavy atom. The number of benzene rings is 1. The summed E-state index contributed by atoms with van der Waals surface area (Å²) in [6.07, 6.45) is -3.01. The average molecular weight is 389 g/mol. The quantitative estimate of drug-likeness (QED) is 0.781. The molecular formula is C15H21Cl2F3N2O2. The first kappa shape index (κ1) is 22.9. The van der Waals surface area contributed by atoms with Gasteiger partial charge in [0.2, 0.25) is 0 Å². The lowest BCUT2D eigenvalue weighted by molar-refractivity contribution is -0.274. The van der Waals surface area contributed by atoms with E-state index in [1.807, 2.05) is 0 Å². The molecular weight excluding hydrogens is 368 g/mol. The summed E-state index contributed by atoms with van der Waals surface area (Å²) in [4.78, 5) is 2.14. The number of halogens is 5. The van der Waals surface area contributed by atoms with Crippen molar-refractivity contribution in [3.05, 3.63) is 36.4 Å². The Hall–Kier alpha value is -1.15. The van der Waals surface area contributed by atoms with Crippen molar-refractivity contribution in [2.24, 2.45) is 0 Å². The van der Waals surface area contributed by atoms with Crippen LogP contribution in [0.4, 0.5) is 13.2 Å². The van der Waals surface area contributed by atoms with Crippen LogP contribution in [0, 0.1) is 0 Å². The van der Waals surface area contributed by atoms with Gasteiger partial charge < -0.3 is 14.8 Å². The van der Waals surface area contributed by atoms with Gasteiger partial charge in [-0.25, -0.2) is 0 Å². The minimum Gasteiger partial charge on any atom is -0.496 e. The number of nitrogens with one attached hydrogen (secondary N) is 1. The van der Waals surface area contributed by atoms with Crippen molar-refractivity contribution in [3.8, 4) is 11.5 Å². The molecule has 4 nitrogen and oxygen atoms in total. The number of alkyl halides is 3. The van der Waals surface area contributed by atoms with E-state index in [-0.39, 0.29) is 36.6 Å². The zero-order chi connectivity index (χ0) is 16.2. The Labute approximate surface area is 151 Å². The van der Waals surface area contributed by atoms with Gasteiger partial charge in [0.15, 0.2) is 0 Å². The van der Waals surface area contributed by atoms with Crippen LogP contribution in [0.1, 0.15) is 11.6 Å². The molecule has 2 rings (SSSR count). The topological polar surface area (TPSA) is 33.7 Å². The lowest BCUT2D eigenvalue weighted by Gasteiger charge is -2.34. The van der Waals surface area contributed by atoms with E-state index in [9.17, 15) is 13.2 Å². The molecule has 138 valence electrons. The van der Waals surface area contributed by atoms with Crippen molar-refractivity contribution >= 4 is 24.8 Å². The molecule has 0 bridgehead atoms. The summed E-state index contributed by atoms with van der Waals surface area (Å²) >= 11 is 0. The molecule has 9 heteroatoms. The highest BCUT2D eigenvalue weighted by Crippen LogP contribution is 2.35. The molecule has 0 saturated carbocycles. The van der Waals surface area contributed by atoms with Crippen molar-refractivity contribution in [1.82, 2.24) is 10.2 Å². The lowest BCUT2D eigenvalue weighted by Crippen LogP contribution is -2.44. The van der Waals surface area contributed by atoms with E-state index in [1.165, 1.54) is 25.3 Å². The van der Waals surface area contributed by atoms with Crippen LogP contribution in [0.15, 0.2) is 30.9 Å². The number of rotatable bonds is 5. The first-order valence-corrected chi connectivity index (χ1v) is 6.95. The number of hydrogen-bond donors (Lipinski definition) is 1. The van der Waals surface area contributed by atoms with Crippen LogP contribution in [0.2, 0.25) is 0 Å². The number of nitrogens with zero attached hydrogens (tertiary/aromatic N) is 1. The third-order valence-electron chi connectivity index (χ3n) is 3.52.